The zero-order valence-corrected chi connectivity index (χ0v) is 18.4. The van der Waals surface area contributed by atoms with E-state index in [-0.39, 0.29) is 16.2 Å². The van der Waals surface area contributed by atoms with Crippen LogP contribution in [0, 0.1) is 0 Å². The average Bonchev–Trinajstić information content (AvgIpc) is 2.65. The molecule has 5 nitrogen and oxygen atoms in total. The summed E-state index contributed by atoms with van der Waals surface area (Å²) in [5.74, 6) is 0.301. The van der Waals surface area contributed by atoms with Crippen LogP contribution in [0.1, 0.15) is 32.8 Å². The minimum atomic E-state index is -3.77. The molecule has 2 rings (SSSR count). The van der Waals surface area contributed by atoms with Gasteiger partial charge in [-0.1, -0.05) is 51.1 Å². The van der Waals surface area contributed by atoms with Crippen LogP contribution in [0.25, 0.3) is 0 Å². The van der Waals surface area contributed by atoms with Gasteiger partial charge in [0.2, 0.25) is 15.9 Å². The molecule has 0 aliphatic heterocycles. The van der Waals surface area contributed by atoms with Crippen molar-refractivity contribution in [3.8, 4) is 0 Å². The van der Waals surface area contributed by atoms with Gasteiger partial charge in [-0.25, -0.2) is 8.42 Å². The van der Waals surface area contributed by atoms with Gasteiger partial charge in [0.15, 0.2) is 0 Å². The number of benzene rings is 2. The first kappa shape index (κ1) is 22.5. The number of amides is 1. The minimum absolute atomic E-state index is 0.0226. The van der Waals surface area contributed by atoms with Gasteiger partial charge >= 0.3 is 0 Å². The molecule has 0 bridgehead atoms. The lowest BCUT2D eigenvalue weighted by molar-refractivity contribution is -0.117. The van der Waals surface area contributed by atoms with Crippen LogP contribution < -0.4 is 10.0 Å². The number of carbonyl (C=O) groups excluding carboxylic acids is 1. The SMILES string of the molecule is CSCC[C@@H](NS(=O)(=O)c1ccccc1)C(=O)Nc1ccc(C(C)(C)C)cc1. The molecule has 1 atom stereocenters. The number of hydrogen-bond donors (Lipinski definition) is 2. The van der Waals surface area contributed by atoms with E-state index in [1.165, 1.54) is 12.1 Å². The van der Waals surface area contributed by atoms with Gasteiger partial charge in [-0.05, 0) is 53.7 Å². The molecule has 0 unspecified atom stereocenters. The molecule has 0 saturated heterocycles. The molecular formula is C21H28N2O3S2. The maximum absolute atomic E-state index is 12.8. The van der Waals surface area contributed by atoms with Gasteiger partial charge in [0, 0.05) is 5.69 Å². The van der Waals surface area contributed by atoms with Crippen molar-refractivity contribution in [1.29, 1.82) is 0 Å². The van der Waals surface area contributed by atoms with Crippen LogP contribution in [0.3, 0.4) is 0 Å². The third-order valence-electron chi connectivity index (χ3n) is 4.30. The fourth-order valence-electron chi connectivity index (χ4n) is 2.62. The van der Waals surface area contributed by atoms with Gasteiger partial charge in [0.25, 0.3) is 0 Å². The molecule has 0 saturated carbocycles. The monoisotopic (exact) mass is 420 g/mol. The van der Waals surface area contributed by atoms with E-state index in [2.05, 4.69) is 30.8 Å². The summed E-state index contributed by atoms with van der Waals surface area (Å²) >= 11 is 1.57. The molecule has 28 heavy (non-hydrogen) atoms. The number of hydrogen-bond acceptors (Lipinski definition) is 4. The molecule has 0 spiro atoms. The molecule has 2 N–H and O–H groups in total. The highest BCUT2D eigenvalue weighted by Gasteiger charge is 2.25. The Morgan fingerprint density at radius 1 is 1.04 bits per heavy atom. The van der Waals surface area contributed by atoms with E-state index < -0.39 is 16.1 Å². The molecule has 0 aliphatic rings. The van der Waals surface area contributed by atoms with Gasteiger partial charge in [-0.3, -0.25) is 4.79 Å². The van der Waals surface area contributed by atoms with Gasteiger partial charge in [-0.15, -0.1) is 0 Å². The third-order valence-corrected chi connectivity index (χ3v) is 6.43. The minimum Gasteiger partial charge on any atom is -0.325 e. The topological polar surface area (TPSA) is 75.3 Å². The standard InChI is InChI=1S/C21H28N2O3S2/c1-21(2,3)16-10-12-17(13-11-16)22-20(24)19(14-15-27-4)23-28(25,26)18-8-6-5-7-9-18/h5-13,19,23H,14-15H2,1-4H3,(H,22,24)/t19-/m1/s1. The van der Waals surface area contributed by atoms with Crippen LogP contribution in [0.5, 0.6) is 0 Å². The highest BCUT2D eigenvalue weighted by molar-refractivity contribution is 7.98. The number of sulfonamides is 1. The first-order valence-corrected chi connectivity index (χ1v) is 12.0. The molecule has 2 aromatic carbocycles. The summed E-state index contributed by atoms with van der Waals surface area (Å²) in [6.45, 7) is 6.37. The highest BCUT2D eigenvalue weighted by Crippen LogP contribution is 2.23. The zero-order valence-electron chi connectivity index (χ0n) is 16.7. The number of rotatable bonds is 8. The number of thioether (sulfide) groups is 1. The lowest BCUT2D eigenvalue weighted by atomic mass is 9.87. The number of anilines is 1. The van der Waals surface area contributed by atoms with Gasteiger partial charge in [0.05, 0.1) is 4.90 Å². The van der Waals surface area contributed by atoms with Crippen molar-refractivity contribution in [3.63, 3.8) is 0 Å². The Hall–Kier alpha value is -1.83. The van der Waals surface area contributed by atoms with Crippen molar-refractivity contribution in [3.05, 3.63) is 60.2 Å². The fraction of sp³-hybridized carbons (Fsp3) is 0.381. The molecule has 7 heteroatoms. The van der Waals surface area contributed by atoms with E-state index in [9.17, 15) is 13.2 Å². The third kappa shape index (κ3) is 6.36. The quantitative estimate of drug-likeness (QED) is 0.676. The van der Waals surface area contributed by atoms with E-state index in [0.717, 1.165) is 5.56 Å². The van der Waals surface area contributed by atoms with E-state index in [4.69, 9.17) is 0 Å². The summed E-state index contributed by atoms with van der Waals surface area (Å²) in [5.41, 5.74) is 1.83. The average molecular weight is 421 g/mol. The summed E-state index contributed by atoms with van der Waals surface area (Å²) in [6.07, 6.45) is 2.32. The lowest BCUT2D eigenvalue weighted by Gasteiger charge is -2.20. The fourth-order valence-corrected chi connectivity index (χ4v) is 4.34. The van der Waals surface area contributed by atoms with Gasteiger partial charge < -0.3 is 5.32 Å². The largest absolute Gasteiger partial charge is 0.325 e. The second kappa shape index (κ2) is 9.58. The first-order valence-electron chi connectivity index (χ1n) is 9.11. The van der Waals surface area contributed by atoms with Crippen molar-refractivity contribution in [1.82, 2.24) is 4.72 Å². The Morgan fingerprint density at radius 2 is 1.64 bits per heavy atom. The Balaban J connectivity index is 2.15. The predicted octanol–water partition coefficient (Wildman–Crippen LogP) is 4.02. The summed E-state index contributed by atoms with van der Waals surface area (Å²) in [4.78, 5) is 12.9. The van der Waals surface area contributed by atoms with Crippen LogP contribution in [-0.2, 0) is 20.2 Å². The summed E-state index contributed by atoms with van der Waals surface area (Å²) in [6, 6.07) is 14.9. The Kier molecular flexibility index (Phi) is 7.69. The van der Waals surface area contributed by atoms with Crippen molar-refractivity contribution in [2.75, 3.05) is 17.3 Å². The summed E-state index contributed by atoms with van der Waals surface area (Å²) in [7, 11) is -3.77. The smallest absolute Gasteiger partial charge is 0.242 e. The van der Waals surface area contributed by atoms with Crippen molar-refractivity contribution < 1.29 is 13.2 Å². The molecule has 0 aromatic heterocycles. The molecule has 2 aromatic rings. The number of nitrogens with one attached hydrogen (secondary N) is 2. The molecular weight excluding hydrogens is 392 g/mol. The van der Waals surface area contributed by atoms with Crippen molar-refractivity contribution >= 4 is 33.4 Å². The maximum Gasteiger partial charge on any atom is 0.242 e. The van der Waals surface area contributed by atoms with Crippen LogP contribution in [-0.4, -0.2) is 32.4 Å². The van der Waals surface area contributed by atoms with Gasteiger partial charge in [0.1, 0.15) is 6.04 Å². The van der Waals surface area contributed by atoms with E-state index in [1.807, 2.05) is 30.5 Å². The van der Waals surface area contributed by atoms with Crippen molar-refractivity contribution in [2.24, 2.45) is 0 Å². The summed E-state index contributed by atoms with van der Waals surface area (Å²) < 4.78 is 27.8. The summed E-state index contributed by atoms with van der Waals surface area (Å²) in [5, 5.41) is 2.83. The van der Waals surface area contributed by atoms with Crippen LogP contribution in [0.2, 0.25) is 0 Å². The van der Waals surface area contributed by atoms with E-state index >= 15 is 0 Å². The normalized spacial score (nSPS) is 13.1. The van der Waals surface area contributed by atoms with E-state index in [1.54, 1.807) is 30.0 Å². The van der Waals surface area contributed by atoms with Crippen LogP contribution >= 0.6 is 11.8 Å². The highest BCUT2D eigenvalue weighted by atomic mass is 32.2. The maximum atomic E-state index is 12.8. The molecule has 152 valence electrons. The zero-order chi connectivity index (χ0) is 20.8. The van der Waals surface area contributed by atoms with E-state index in [0.29, 0.717) is 17.9 Å². The molecule has 0 fully saturated rings. The van der Waals surface area contributed by atoms with Crippen LogP contribution in [0.15, 0.2) is 59.5 Å². The molecule has 1 amide bonds. The number of carbonyl (C=O) groups is 1. The Morgan fingerprint density at radius 3 is 2.18 bits per heavy atom. The molecule has 0 heterocycles. The Bertz CT molecular complexity index is 874. The Labute approximate surface area is 172 Å². The second-order valence-electron chi connectivity index (χ2n) is 7.59. The van der Waals surface area contributed by atoms with Crippen LogP contribution in [0.4, 0.5) is 5.69 Å². The first-order chi connectivity index (χ1) is 13.1. The van der Waals surface area contributed by atoms with Crippen molar-refractivity contribution in [2.45, 2.75) is 43.5 Å². The van der Waals surface area contributed by atoms with Gasteiger partial charge in [-0.2, -0.15) is 16.5 Å². The molecule has 0 radical (unpaired) electrons. The predicted molar refractivity (Wildman–Crippen MR) is 117 cm³/mol. The lowest BCUT2D eigenvalue weighted by Crippen LogP contribution is -2.44. The molecule has 0 aliphatic carbocycles. The second-order valence-corrected chi connectivity index (χ2v) is 10.3.